The summed E-state index contributed by atoms with van der Waals surface area (Å²) in [4.78, 5) is 23.8. The van der Waals surface area contributed by atoms with Crippen molar-refractivity contribution in [2.45, 2.75) is 44.6 Å². The van der Waals surface area contributed by atoms with Gasteiger partial charge in [-0.15, -0.1) is 0 Å². The van der Waals surface area contributed by atoms with Gasteiger partial charge in [0, 0.05) is 45.7 Å². The van der Waals surface area contributed by atoms with Crippen molar-refractivity contribution < 1.29 is 23.5 Å². The van der Waals surface area contributed by atoms with E-state index in [-0.39, 0.29) is 32.8 Å². The molecular weight excluding hydrogens is 597 g/mol. The number of H-pyrrole nitrogens is 1. The summed E-state index contributed by atoms with van der Waals surface area (Å²) in [6, 6.07) is 17.7. The Morgan fingerprint density at radius 2 is 1.88 bits per heavy atom. The van der Waals surface area contributed by atoms with Gasteiger partial charge in [-0.05, 0) is 53.8 Å². The molecule has 2 unspecified atom stereocenters. The second-order valence-corrected chi connectivity index (χ2v) is 12.4. The van der Waals surface area contributed by atoms with E-state index < -0.39 is 28.9 Å². The largest absolute Gasteiger partial charge is 0.477 e. The van der Waals surface area contributed by atoms with Gasteiger partial charge in [0.25, 0.3) is 0 Å². The van der Waals surface area contributed by atoms with E-state index in [0.717, 1.165) is 0 Å². The Hall–Kier alpha value is -3.97. The summed E-state index contributed by atoms with van der Waals surface area (Å²) >= 11 is 11.9. The number of amides is 1. The third-order valence-electron chi connectivity index (χ3n) is 7.51. The van der Waals surface area contributed by atoms with Gasteiger partial charge in [-0.3, -0.25) is 4.79 Å². The van der Waals surface area contributed by atoms with Gasteiger partial charge in [-0.25, -0.2) is 13.6 Å². The molecule has 0 saturated carbocycles. The first-order chi connectivity index (χ1) is 20.3. The Labute approximate surface area is 257 Å². The SMILES string of the molecule is CC(C)(C)CC1NCC(c2cccc(Cl)c2F)[C@@]1(C#N)c1ccc(Cl)cc1F.O=CNc1cccc2[nH]c(C(=O)O)cc12. The highest BCUT2D eigenvalue weighted by atomic mass is 35.5. The molecule has 4 aromatic rings. The molecule has 1 aliphatic rings. The Bertz CT molecular complexity index is 1710. The van der Waals surface area contributed by atoms with Gasteiger partial charge in [0.1, 0.15) is 22.7 Å². The van der Waals surface area contributed by atoms with Gasteiger partial charge < -0.3 is 20.7 Å². The van der Waals surface area contributed by atoms with E-state index in [1.54, 1.807) is 42.5 Å². The van der Waals surface area contributed by atoms with E-state index in [2.05, 4.69) is 42.5 Å². The van der Waals surface area contributed by atoms with E-state index >= 15 is 4.39 Å². The zero-order valence-corrected chi connectivity index (χ0v) is 25.2. The van der Waals surface area contributed by atoms with Crippen LogP contribution in [0.2, 0.25) is 10.0 Å². The lowest BCUT2D eigenvalue weighted by molar-refractivity contribution is -0.105. The van der Waals surface area contributed by atoms with Crippen LogP contribution >= 0.6 is 23.2 Å². The van der Waals surface area contributed by atoms with Crippen molar-refractivity contribution in [3.8, 4) is 6.07 Å². The number of fused-ring (bicyclic) bond motifs is 1. The molecule has 3 atom stereocenters. The minimum atomic E-state index is -1.30. The zero-order valence-electron chi connectivity index (χ0n) is 23.6. The van der Waals surface area contributed by atoms with Crippen molar-refractivity contribution in [1.82, 2.24) is 10.3 Å². The van der Waals surface area contributed by atoms with Crippen LogP contribution in [-0.2, 0) is 10.2 Å². The molecule has 7 nitrogen and oxygen atoms in total. The number of carboxylic acid groups (broad SMARTS) is 1. The smallest absolute Gasteiger partial charge is 0.352 e. The van der Waals surface area contributed by atoms with Gasteiger partial charge in [0.2, 0.25) is 6.41 Å². The van der Waals surface area contributed by atoms with Crippen LogP contribution in [0.4, 0.5) is 14.5 Å². The molecule has 224 valence electrons. The van der Waals surface area contributed by atoms with E-state index in [4.69, 9.17) is 28.3 Å². The topological polar surface area (TPSA) is 118 Å². The number of aromatic carboxylic acids is 1. The maximum absolute atomic E-state index is 15.0. The molecule has 1 aromatic heterocycles. The lowest BCUT2D eigenvalue weighted by atomic mass is 9.64. The van der Waals surface area contributed by atoms with Crippen LogP contribution in [0.5, 0.6) is 0 Å². The van der Waals surface area contributed by atoms with Gasteiger partial charge in [0.05, 0.1) is 11.1 Å². The molecule has 43 heavy (non-hydrogen) atoms. The fourth-order valence-corrected chi connectivity index (χ4v) is 6.03. The van der Waals surface area contributed by atoms with Crippen molar-refractivity contribution >= 4 is 52.2 Å². The Morgan fingerprint density at radius 3 is 2.51 bits per heavy atom. The van der Waals surface area contributed by atoms with Crippen LogP contribution < -0.4 is 10.6 Å². The Kier molecular flexibility index (Phi) is 9.45. The minimum Gasteiger partial charge on any atom is -0.477 e. The van der Waals surface area contributed by atoms with Crippen molar-refractivity contribution in [3.63, 3.8) is 0 Å². The second kappa shape index (κ2) is 12.7. The van der Waals surface area contributed by atoms with Crippen LogP contribution in [0.25, 0.3) is 10.9 Å². The number of aromatic nitrogens is 1. The molecule has 1 amide bonds. The molecule has 3 aromatic carbocycles. The fourth-order valence-electron chi connectivity index (χ4n) is 5.69. The summed E-state index contributed by atoms with van der Waals surface area (Å²) in [5.74, 6) is -2.76. The molecule has 1 fully saturated rings. The van der Waals surface area contributed by atoms with Gasteiger partial charge in [-0.1, -0.05) is 68.2 Å². The quantitative estimate of drug-likeness (QED) is 0.164. The Balaban J connectivity index is 0.000000237. The number of nitrogens with zero attached hydrogens (tertiary/aromatic N) is 1. The van der Waals surface area contributed by atoms with E-state index in [0.29, 0.717) is 41.5 Å². The third-order valence-corrected chi connectivity index (χ3v) is 8.04. The number of anilines is 1. The normalized spacial score (nSPS) is 19.8. The number of carbonyl (C=O) groups excluding carboxylic acids is 1. The van der Waals surface area contributed by atoms with E-state index in [9.17, 15) is 19.2 Å². The van der Waals surface area contributed by atoms with Crippen LogP contribution in [0.1, 0.15) is 54.7 Å². The van der Waals surface area contributed by atoms with Gasteiger partial charge >= 0.3 is 5.97 Å². The number of benzene rings is 3. The third kappa shape index (κ3) is 6.52. The minimum absolute atomic E-state index is 0.0137. The number of carbonyl (C=O) groups is 2. The highest BCUT2D eigenvalue weighted by molar-refractivity contribution is 6.31. The molecule has 0 spiro atoms. The van der Waals surface area contributed by atoms with Crippen LogP contribution in [0, 0.1) is 28.4 Å². The summed E-state index contributed by atoms with van der Waals surface area (Å²) < 4.78 is 29.9. The maximum atomic E-state index is 15.0. The number of hydrogen-bond acceptors (Lipinski definition) is 4. The van der Waals surface area contributed by atoms with Gasteiger partial charge in [-0.2, -0.15) is 5.26 Å². The average molecular weight is 628 g/mol. The summed E-state index contributed by atoms with van der Waals surface area (Å²) in [7, 11) is 0. The predicted molar refractivity (Wildman–Crippen MR) is 164 cm³/mol. The summed E-state index contributed by atoms with van der Waals surface area (Å²) in [6.45, 7) is 6.51. The van der Waals surface area contributed by atoms with E-state index in [1.807, 2.05) is 0 Å². The number of nitrogens with one attached hydrogen (secondary N) is 3. The summed E-state index contributed by atoms with van der Waals surface area (Å²) in [5.41, 5.74) is 0.490. The molecule has 4 N–H and O–H groups in total. The van der Waals surface area contributed by atoms with Crippen molar-refractivity contribution in [1.29, 1.82) is 5.26 Å². The van der Waals surface area contributed by atoms with Gasteiger partial charge in [0.15, 0.2) is 0 Å². The van der Waals surface area contributed by atoms with E-state index in [1.165, 1.54) is 18.2 Å². The first-order valence-corrected chi connectivity index (χ1v) is 14.2. The van der Waals surface area contributed by atoms with Crippen LogP contribution in [-0.4, -0.2) is 35.1 Å². The number of rotatable bonds is 6. The van der Waals surface area contributed by atoms with Crippen LogP contribution in [0.3, 0.4) is 0 Å². The number of hydrogen-bond donors (Lipinski definition) is 4. The predicted octanol–water partition coefficient (Wildman–Crippen LogP) is 7.66. The molecule has 0 radical (unpaired) electrons. The summed E-state index contributed by atoms with van der Waals surface area (Å²) in [5, 5.41) is 25.9. The van der Waals surface area contributed by atoms with Crippen molar-refractivity contribution in [2.75, 3.05) is 11.9 Å². The molecular formula is C32H30Cl2F2N4O3. The van der Waals surface area contributed by atoms with Crippen molar-refractivity contribution in [2.24, 2.45) is 5.41 Å². The molecule has 1 aliphatic heterocycles. The molecule has 11 heteroatoms. The number of carboxylic acids is 1. The molecule has 2 heterocycles. The first kappa shape index (κ1) is 32.0. The number of halogens is 4. The highest BCUT2D eigenvalue weighted by Gasteiger charge is 2.55. The first-order valence-electron chi connectivity index (χ1n) is 13.4. The monoisotopic (exact) mass is 626 g/mol. The molecule has 0 aliphatic carbocycles. The molecule has 5 rings (SSSR count). The van der Waals surface area contributed by atoms with Crippen LogP contribution in [0.15, 0.2) is 60.7 Å². The standard InChI is InChI=1S/C22H22Cl2F2N2.C10H8N2O3/c1-21(2,3)10-19-22(12-27,15-8-7-13(23)9-18(15)25)16(11-28-19)14-5-4-6-17(24)20(14)26;13-5-11-7-2-1-3-8-6(7)4-9(12-8)10(14)15/h4-9,16,19,28H,10-11H2,1-3H3;1-5,12H,(H,11,13)(H,14,15)/t16?,19?,22-;/m1./s1. The molecule has 1 saturated heterocycles. The number of aromatic amines is 1. The maximum Gasteiger partial charge on any atom is 0.352 e. The average Bonchev–Trinajstić information content (AvgIpc) is 3.53. The molecule has 0 bridgehead atoms. The lowest BCUT2D eigenvalue weighted by Crippen LogP contribution is -2.44. The Morgan fingerprint density at radius 1 is 1.16 bits per heavy atom. The second-order valence-electron chi connectivity index (χ2n) is 11.5. The lowest BCUT2D eigenvalue weighted by Gasteiger charge is -2.37. The van der Waals surface area contributed by atoms with Crippen molar-refractivity contribution in [3.05, 3.63) is 99.2 Å². The summed E-state index contributed by atoms with van der Waals surface area (Å²) in [6.07, 6.45) is 1.17. The highest BCUT2D eigenvalue weighted by Crippen LogP contribution is 2.50. The zero-order chi connectivity index (χ0) is 31.5. The number of nitriles is 1. The fraction of sp³-hybridized carbons (Fsp3) is 0.281.